The van der Waals surface area contributed by atoms with Gasteiger partial charge in [-0.25, -0.2) is 4.98 Å². The first-order chi connectivity index (χ1) is 15.6. The van der Waals surface area contributed by atoms with Crippen LogP contribution in [0.4, 0.5) is 5.69 Å². The van der Waals surface area contributed by atoms with Gasteiger partial charge in [0.1, 0.15) is 17.0 Å². The van der Waals surface area contributed by atoms with E-state index in [0.717, 1.165) is 22.5 Å². The van der Waals surface area contributed by atoms with Crippen molar-refractivity contribution in [1.29, 1.82) is 0 Å². The van der Waals surface area contributed by atoms with Crippen molar-refractivity contribution < 1.29 is 18.7 Å². The van der Waals surface area contributed by atoms with Crippen molar-refractivity contribution in [3.8, 4) is 23.0 Å². The van der Waals surface area contributed by atoms with E-state index in [1.807, 2.05) is 49.4 Å². The summed E-state index contributed by atoms with van der Waals surface area (Å²) in [6.45, 7) is 2.41. The smallest absolute Gasteiger partial charge is 0.257 e. The molecule has 0 radical (unpaired) electrons. The third-order valence-corrected chi connectivity index (χ3v) is 4.82. The van der Waals surface area contributed by atoms with Gasteiger partial charge >= 0.3 is 0 Å². The van der Waals surface area contributed by atoms with E-state index in [-0.39, 0.29) is 11.0 Å². The number of carbonyl (C=O) groups is 1. The van der Waals surface area contributed by atoms with Crippen molar-refractivity contribution in [2.45, 2.75) is 6.92 Å². The van der Waals surface area contributed by atoms with Gasteiger partial charge in [0.05, 0.1) is 13.7 Å². The number of hydrogen-bond donors (Lipinski definition) is 2. The summed E-state index contributed by atoms with van der Waals surface area (Å²) in [7, 11) is 1.61. The van der Waals surface area contributed by atoms with Gasteiger partial charge in [-0.15, -0.1) is 0 Å². The molecule has 0 bridgehead atoms. The Morgan fingerprint density at radius 1 is 1.06 bits per heavy atom. The lowest BCUT2D eigenvalue weighted by Gasteiger charge is -2.10. The molecule has 1 heterocycles. The van der Waals surface area contributed by atoms with E-state index in [1.165, 1.54) is 0 Å². The molecule has 3 aromatic carbocycles. The van der Waals surface area contributed by atoms with E-state index in [4.69, 9.17) is 26.1 Å². The number of methoxy groups -OCH3 is 1. The number of benzene rings is 3. The van der Waals surface area contributed by atoms with Crippen LogP contribution in [0.15, 0.2) is 71.1 Å². The van der Waals surface area contributed by atoms with Crippen LogP contribution in [0, 0.1) is 0 Å². The molecule has 4 rings (SSSR count). The SMILES string of the molecule is CCOc1cccc(C(=O)NC(=S)Nc2ccc(-c3nc4cc(OC)ccc4o3)cc2)c1. The number of nitrogens with one attached hydrogen (secondary N) is 2. The van der Waals surface area contributed by atoms with Crippen LogP contribution < -0.4 is 20.1 Å². The Bertz CT molecular complexity index is 1270. The summed E-state index contributed by atoms with van der Waals surface area (Å²) in [4.78, 5) is 17.0. The number of nitrogens with zero attached hydrogens (tertiary/aromatic N) is 1. The van der Waals surface area contributed by atoms with Gasteiger partial charge in [-0.3, -0.25) is 10.1 Å². The molecular weight excluding hydrogens is 426 g/mol. The zero-order chi connectivity index (χ0) is 22.5. The molecule has 0 saturated heterocycles. The fourth-order valence-electron chi connectivity index (χ4n) is 3.09. The number of fused-ring (bicyclic) bond motifs is 1. The molecule has 0 spiro atoms. The standard InChI is InChI=1S/C24H21N3O4S/c1-3-30-19-6-4-5-16(13-19)22(28)27-24(32)25-17-9-7-15(8-10-17)23-26-20-14-18(29-2)11-12-21(20)31-23/h4-14H,3H2,1-2H3,(H2,25,27,28,32). The maximum absolute atomic E-state index is 12.4. The Kier molecular flexibility index (Phi) is 6.32. The summed E-state index contributed by atoms with van der Waals surface area (Å²) in [6, 6.07) is 19.8. The number of anilines is 1. The van der Waals surface area contributed by atoms with Gasteiger partial charge in [0.2, 0.25) is 5.89 Å². The van der Waals surface area contributed by atoms with Crippen molar-refractivity contribution >= 4 is 40.0 Å². The second-order valence-corrected chi connectivity index (χ2v) is 7.21. The summed E-state index contributed by atoms with van der Waals surface area (Å²) in [6.07, 6.45) is 0. The fourth-order valence-corrected chi connectivity index (χ4v) is 3.30. The lowest BCUT2D eigenvalue weighted by Crippen LogP contribution is -2.34. The highest BCUT2D eigenvalue weighted by atomic mass is 32.1. The number of rotatable bonds is 6. The number of ether oxygens (including phenoxy) is 2. The Morgan fingerprint density at radius 3 is 2.62 bits per heavy atom. The number of carbonyl (C=O) groups excluding carboxylic acids is 1. The molecule has 0 aliphatic carbocycles. The number of hydrogen-bond acceptors (Lipinski definition) is 6. The van der Waals surface area contributed by atoms with Gasteiger partial charge in [-0.1, -0.05) is 6.07 Å². The van der Waals surface area contributed by atoms with E-state index < -0.39 is 0 Å². The first-order valence-corrected chi connectivity index (χ1v) is 10.4. The lowest BCUT2D eigenvalue weighted by atomic mass is 10.2. The lowest BCUT2D eigenvalue weighted by molar-refractivity contribution is 0.0977. The summed E-state index contributed by atoms with van der Waals surface area (Å²) < 4.78 is 16.5. The molecule has 0 aliphatic heterocycles. The molecular formula is C24H21N3O4S. The van der Waals surface area contributed by atoms with Gasteiger partial charge in [-0.2, -0.15) is 0 Å². The monoisotopic (exact) mass is 447 g/mol. The van der Waals surface area contributed by atoms with Gasteiger partial charge in [0, 0.05) is 22.9 Å². The average Bonchev–Trinajstić information content (AvgIpc) is 3.23. The van der Waals surface area contributed by atoms with Gasteiger partial charge in [0.25, 0.3) is 5.91 Å². The van der Waals surface area contributed by atoms with Crippen LogP contribution >= 0.6 is 12.2 Å². The molecule has 0 unspecified atom stereocenters. The minimum Gasteiger partial charge on any atom is -0.497 e. The molecule has 0 aliphatic rings. The van der Waals surface area contributed by atoms with Crippen LogP contribution in [0.5, 0.6) is 11.5 Å². The fraction of sp³-hybridized carbons (Fsp3) is 0.125. The largest absolute Gasteiger partial charge is 0.497 e. The molecule has 1 aromatic heterocycles. The van der Waals surface area contributed by atoms with Crippen molar-refractivity contribution in [2.75, 3.05) is 19.0 Å². The van der Waals surface area contributed by atoms with Crippen LogP contribution in [0.2, 0.25) is 0 Å². The predicted octanol–water partition coefficient (Wildman–Crippen LogP) is 5.03. The van der Waals surface area contributed by atoms with E-state index in [9.17, 15) is 4.79 Å². The third kappa shape index (κ3) is 4.87. The maximum Gasteiger partial charge on any atom is 0.257 e. The molecule has 0 fully saturated rings. The van der Waals surface area contributed by atoms with Crippen LogP contribution in [-0.4, -0.2) is 29.7 Å². The third-order valence-electron chi connectivity index (χ3n) is 4.62. The van der Waals surface area contributed by atoms with Crippen molar-refractivity contribution in [2.24, 2.45) is 0 Å². The Morgan fingerprint density at radius 2 is 1.88 bits per heavy atom. The minimum atomic E-state index is -0.317. The highest BCUT2D eigenvalue weighted by Crippen LogP contribution is 2.27. The Hall–Kier alpha value is -3.91. The molecule has 162 valence electrons. The van der Waals surface area contributed by atoms with Gasteiger partial charge in [-0.05, 0) is 73.7 Å². The van der Waals surface area contributed by atoms with E-state index in [2.05, 4.69) is 15.6 Å². The number of thiocarbonyl (C=S) groups is 1. The van der Waals surface area contributed by atoms with Crippen LogP contribution in [0.1, 0.15) is 17.3 Å². The normalized spacial score (nSPS) is 10.6. The topological polar surface area (TPSA) is 85.6 Å². The maximum atomic E-state index is 12.4. The van der Waals surface area contributed by atoms with Crippen LogP contribution in [0.25, 0.3) is 22.6 Å². The van der Waals surface area contributed by atoms with E-state index in [0.29, 0.717) is 29.4 Å². The number of oxazole rings is 1. The molecule has 7 nitrogen and oxygen atoms in total. The minimum absolute atomic E-state index is 0.193. The van der Waals surface area contributed by atoms with E-state index in [1.54, 1.807) is 31.4 Å². The highest BCUT2D eigenvalue weighted by Gasteiger charge is 2.11. The quantitative estimate of drug-likeness (QED) is 0.401. The second kappa shape index (κ2) is 9.49. The Balaban J connectivity index is 1.40. The first kappa shape index (κ1) is 21.3. The van der Waals surface area contributed by atoms with Crippen molar-refractivity contribution in [3.63, 3.8) is 0 Å². The van der Waals surface area contributed by atoms with Crippen molar-refractivity contribution in [1.82, 2.24) is 10.3 Å². The summed E-state index contributed by atoms with van der Waals surface area (Å²) >= 11 is 5.27. The predicted molar refractivity (Wildman–Crippen MR) is 127 cm³/mol. The van der Waals surface area contributed by atoms with Crippen molar-refractivity contribution in [3.05, 3.63) is 72.3 Å². The van der Waals surface area contributed by atoms with Crippen LogP contribution in [-0.2, 0) is 0 Å². The molecule has 0 saturated carbocycles. The second-order valence-electron chi connectivity index (χ2n) is 6.80. The number of amides is 1. The number of aromatic nitrogens is 1. The molecule has 8 heteroatoms. The van der Waals surface area contributed by atoms with Gasteiger partial charge < -0.3 is 19.2 Å². The molecule has 4 aromatic rings. The van der Waals surface area contributed by atoms with Gasteiger partial charge in [0.15, 0.2) is 10.7 Å². The highest BCUT2D eigenvalue weighted by molar-refractivity contribution is 7.80. The average molecular weight is 448 g/mol. The van der Waals surface area contributed by atoms with E-state index >= 15 is 0 Å². The first-order valence-electron chi connectivity index (χ1n) is 9.96. The molecule has 1 amide bonds. The molecule has 32 heavy (non-hydrogen) atoms. The van der Waals surface area contributed by atoms with Crippen LogP contribution in [0.3, 0.4) is 0 Å². The molecule has 0 atom stereocenters. The summed E-state index contributed by atoms with van der Waals surface area (Å²) in [5, 5.41) is 5.87. The summed E-state index contributed by atoms with van der Waals surface area (Å²) in [5.74, 6) is 1.54. The zero-order valence-corrected chi connectivity index (χ0v) is 18.4. The summed E-state index contributed by atoms with van der Waals surface area (Å²) in [5.41, 5.74) is 3.40. The molecule has 2 N–H and O–H groups in total. The Labute approximate surface area is 190 Å². The zero-order valence-electron chi connectivity index (χ0n) is 17.5.